The molecule has 0 aromatic carbocycles. The number of Topliss-reactive ketones (excluding diaryl/α,β-unsaturated/α-hetero) is 2. The molecule has 0 amide bonds. The molecule has 2 N–H and O–H groups in total. The van der Waals surface area contributed by atoms with Crippen molar-refractivity contribution in [3.63, 3.8) is 0 Å². The van der Waals surface area contributed by atoms with Gasteiger partial charge >= 0.3 is 0 Å². The van der Waals surface area contributed by atoms with Gasteiger partial charge in [0.05, 0.1) is 0 Å². The van der Waals surface area contributed by atoms with E-state index in [2.05, 4.69) is 0 Å². The molecule has 0 radical (unpaired) electrons. The highest BCUT2D eigenvalue weighted by molar-refractivity contribution is 6.26. The number of carbonyl (C=O) groups is 2. The lowest BCUT2D eigenvalue weighted by atomic mass is 9.86. The molecule has 1 aliphatic carbocycles. The maximum Gasteiger partial charge on any atom is 0.201 e. The Hall–Kier alpha value is -1.73. The van der Waals surface area contributed by atoms with Crippen molar-refractivity contribution in [2.45, 2.75) is 13.8 Å². The van der Waals surface area contributed by atoms with Crippen LogP contribution in [0.4, 0.5) is 0 Å². The summed E-state index contributed by atoms with van der Waals surface area (Å²) in [6, 6.07) is 1.74. The van der Waals surface area contributed by atoms with Crippen molar-refractivity contribution < 1.29 is 9.59 Å². The summed E-state index contributed by atoms with van der Waals surface area (Å²) >= 11 is 0. The van der Waals surface area contributed by atoms with Crippen molar-refractivity contribution >= 4 is 11.6 Å². The van der Waals surface area contributed by atoms with Crippen LogP contribution in [0.15, 0.2) is 22.3 Å². The molecule has 0 aromatic rings. The Kier molecular flexibility index (Phi) is 2.63. The molecule has 0 spiro atoms. The molecule has 0 saturated carbocycles. The van der Waals surface area contributed by atoms with Gasteiger partial charge in [0.1, 0.15) is 11.6 Å². The standard InChI is InChI=1S/C10H10N2O2/c1-5-7(3-11)10(14)8(4-12)6(2)9(5)13/h3,11H2,1-2H3. The highest BCUT2D eigenvalue weighted by Crippen LogP contribution is 2.23. The number of nitrogens with zero attached hydrogens (tertiary/aromatic N) is 1. The van der Waals surface area contributed by atoms with E-state index in [4.69, 9.17) is 11.0 Å². The van der Waals surface area contributed by atoms with Gasteiger partial charge in [-0.3, -0.25) is 9.59 Å². The Balaban J connectivity index is 3.38. The first-order chi connectivity index (χ1) is 6.54. The van der Waals surface area contributed by atoms with Crippen molar-refractivity contribution in [2.75, 3.05) is 6.54 Å². The quantitative estimate of drug-likeness (QED) is 0.601. The Morgan fingerprint density at radius 2 is 1.79 bits per heavy atom. The lowest BCUT2D eigenvalue weighted by Gasteiger charge is -2.15. The molecule has 0 unspecified atom stereocenters. The number of hydrogen-bond donors (Lipinski definition) is 1. The smallest absolute Gasteiger partial charge is 0.201 e. The van der Waals surface area contributed by atoms with E-state index >= 15 is 0 Å². The number of carbonyl (C=O) groups excluding carboxylic acids is 2. The number of rotatable bonds is 1. The topological polar surface area (TPSA) is 83.9 Å². The highest BCUT2D eigenvalue weighted by atomic mass is 16.1. The van der Waals surface area contributed by atoms with Gasteiger partial charge in [-0.05, 0) is 13.8 Å². The molecule has 72 valence electrons. The van der Waals surface area contributed by atoms with Gasteiger partial charge in [0.25, 0.3) is 0 Å². The summed E-state index contributed by atoms with van der Waals surface area (Å²) in [5.41, 5.74) is 6.08. The number of allylic oxidation sites excluding steroid dienone is 3. The molecule has 0 atom stereocenters. The van der Waals surface area contributed by atoms with Crippen LogP contribution in [-0.2, 0) is 9.59 Å². The minimum Gasteiger partial charge on any atom is -0.326 e. The summed E-state index contributed by atoms with van der Waals surface area (Å²) in [6.45, 7) is 3.03. The fraction of sp³-hybridized carbons (Fsp3) is 0.300. The van der Waals surface area contributed by atoms with Crippen molar-refractivity contribution in [1.82, 2.24) is 0 Å². The third-order valence-corrected chi connectivity index (χ3v) is 2.33. The maximum absolute atomic E-state index is 11.6. The van der Waals surface area contributed by atoms with Gasteiger partial charge in [0, 0.05) is 23.3 Å². The van der Waals surface area contributed by atoms with Crippen molar-refractivity contribution in [3.8, 4) is 6.07 Å². The third kappa shape index (κ3) is 1.28. The van der Waals surface area contributed by atoms with Crippen LogP contribution in [-0.4, -0.2) is 18.1 Å². The predicted octanol–water partition coefficient (Wildman–Crippen LogP) is 0.253. The first kappa shape index (κ1) is 10.4. The zero-order chi connectivity index (χ0) is 10.9. The molecule has 0 saturated heterocycles. The van der Waals surface area contributed by atoms with E-state index in [-0.39, 0.29) is 29.0 Å². The zero-order valence-electron chi connectivity index (χ0n) is 8.05. The summed E-state index contributed by atoms with van der Waals surface area (Å²) in [7, 11) is 0. The average molecular weight is 190 g/mol. The maximum atomic E-state index is 11.6. The van der Waals surface area contributed by atoms with Crippen LogP contribution in [0.3, 0.4) is 0 Å². The van der Waals surface area contributed by atoms with Crippen LogP contribution >= 0.6 is 0 Å². The van der Waals surface area contributed by atoms with Gasteiger partial charge in [0.2, 0.25) is 5.78 Å². The molecule has 0 fully saturated rings. The van der Waals surface area contributed by atoms with Crippen LogP contribution in [0.2, 0.25) is 0 Å². The fourth-order valence-corrected chi connectivity index (χ4v) is 1.40. The Bertz CT molecular complexity index is 422. The lowest BCUT2D eigenvalue weighted by Crippen LogP contribution is -2.25. The van der Waals surface area contributed by atoms with Crippen LogP contribution in [0.5, 0.6) is 0 Å². The van der Waals surface area contributed by atoms with E-state index in [0.717, 1.165) is 0 Å². The highest BCUT2D eigenvalue weighted by Gasteiger charge is 2.29. The molecule has 0 heterocycles. The molecule has 0 aromatic heterocycles. The number of nitriles is 1. The molecule has 4 nitrogen and oxygen atoms in total. The fourth-order valence-electron chi connectivity index (χ4n) is 1.40. The molecule has 0 aliphatic heterocycles. The van der Waals surface area contributed by atoms with Crippen molar-refractivity contribution in [1.29, 1.82) is 5.26 Å². The second-order valence-corrected chi connectivity index (χ2v) is 3.08. The first-order valence-electron chi connectivity index (χ1n) is 4.14. The number of ketones is 2. The summed E-state index contributed by atoms with van der Waals surface area (Å²) in [5.74, 6) is -0.675. The monoisotopic (exact) mass is 190 g/mol. The zero-order valence-corrected chi connectivity index (χ0v) is 8.05. The second kappa shape index (κ2) is 3.56. The Labute approximate surface area is 81.7 Å². The van der Waals surface area contributed by atoms with E-state index in [0.29, 0.717) is 5.57 Å². The van der Waals surface area contributed by atoms with Crippen molar-refractivity contribution in [2.24, 2.45) is 5.73 Å². The van der Waals surface area contributed by atoms with Gasteiger partial charge < -0.3 is 5.73 Å². The van der Waals surface area contributed by atoms with Crippen LogP contribution < -0.4 is 5.73 Å². The number of nitrogens with two attached hydrogens (primary N) is 1. The van der Waals surface area contributed by atoms with Gasteiger partial charge in [-0.2, -0.15) is 5.26 Å². The molecular formula is C10H10N2O2. The number of hydrogen-bond acceptors (Lipinski definition) is 4. The predicted molar refractivity (Wildman–Crippen MR) is 50.1 cm³/mol. The minimum absolute atomic E-state index is 0.00509. The van der Waals surface area contributed by atoms with Crippen LogP contribution in [0.25, 0.3) is 0 Å². The summed E-state index contributed by atoms with van der Waals surface area (Å²) < 4.78 is 0. The summed E-state index contributed by atoms with van der Waals surface area (Å²) in [5, 5.41) is 8.70. The third-order valence-electron chi connectivity index (χ3n) is 2.33. The molecular weight excluding hydrogens is 180 g/mol. The van der Waals surface area contributed by atoms with Crippen LogP contribution in [0.1, 0.15) is 13.8 Å². The van der Waals surface area contributed by atoms with E-state index < -0.39 is 5.78 Å². The largest absolute Gasteiger partial charge is 0.326 e. The van der Waals surface area contributed by atoms with E-state index in [1.54, 1.807) is 13.0 Å². The molecule has 14 heavy (non-hydrogen) atoms. The van der Waals surface area contributed by atoms with Gasteiger partial charge in [0.15, 0.2) is 5.78 Å². The lowest BCUT2D eigenvalue weighted by molar-refractivity contribution is -0.116. The van der Waals surface area contributed by atoms with Crippen LogP contribution in [0, 0.1) is 11.3 Å². The average Bonchev–Trinajstić information content (AvgIpc) is 2.16. The first-order valence-corrected chi connectivity index (χ1v) is 4.14. The van der Waals surface area contributed by atoms with Gasteiger partial charge in [-0.15, -0.1) is 0 Å². The Morgan fingerprint density at radius 1 is 1.21 bits per heavy atom. The molecule has 1 aliphatic rings. The summed E-state index contributed by atoms with van der Waals surface area (Å²) in [6.07, 6.45) is 0. The Morgan fingerprint density at radius 3 is 2.21 bits per heavy atom. The second-order valence-electron chi connectivity index (χ2n) is 3.08. The van der Waals surface area contributed by atoms with Gasteiger partial charge in [-0.25, -0.2) is 0 Å². The summed E-state index contributed by atoms with van der Waals surface area (Å²) in [4.78, 5) is 23.1. The molecule has 4 heteroatoms. The molecule has 0 bridgehead atoms. The van der Waals surface area contributed by atoms with E-state index in [9.17, 15) is 9.59 Å². The minimum atomic E-state index is -0.412. The van der Waals surface area contributed by atoms with E-state index in [1.165, 1.54) is 6.92 Å². The molecule has 1 rings (SSSR count). The van der Waals surface area contributed by atoms with Gasteiger partial charge in [-0.1, -0.05) is 0 Å². The van der Waals surface area contributed by atoms with E-state index in [1.807, 2.05) is 0 Å². The normalized spacial score (nSPS) is 17.6. The van der Waals surface area contributed by atoms with Crippen molar-refractivity contribution in [3.05, 3.63) is 22.3 Å². The SMILES string of the molecule is CC1=C(C#N)C(=O)C(CN)=C(C)C1=O.